The number of nitrogens with two attached hydrogens (primary N) is 1. The Balaban J connectivity index is 2.42. The molecule has 0 fully saturated rings. The summed E-state index contributed by atoms with van der Waals surface area (Å²) in [5.74, 6) is 2.66. The molecule has 0 spiro atoms. The summed E-state index contributed by atoms with van der Waals surface area (Å²) in [6.07, 6.45) is 7.19. The molecular formula is C15H17N3. The Morgan fingerprint density at radius 1 is 1.39 bits per heavy atom. The van der Waals surface area contributed by atoms with Gasteiger partial charge in [0.25, 0.3) is 0 Å². The van der Waals surface area contributed by atoms with Gasteiger partial charge in [-0.05, 0) is 18.6 Å². The van der Waals surface area contributed by atoms with Gasteiger partial charge in [-0.25, -0.2) is 0 Å². The third-order valence-electron chi connectivity index (χ3n) is 2.98. The lowest BCUT2D eigenvalue weighted by Gasteiger charge is -2.20. The Morgan fingerprint density at radius 2 is 2.17 bits per heavy atom. The molecule has 1 aromatic heterocycles. The predicted octanol–water partition coefficient (Wildman–Crippen LogP) is 1.85. The highest BCUT2D eigenvalue weighted by Crippen LogP contribution is 2.22. The molecular weight excluding hydrogens is 222 g/mol. The van der Waals surface area contributed by atoms with Crippen LogP contribution in [0.15, 0.2) is 36.5 Å². The average Bonchev–Trinajstić information content (AvgIpc) is 2.44. The second-order valence-corrected chi connectivity index (χ2v) is 4.27. The third-order valence-corrected chi connectivity index (χ3v) is 2.98. The molecule has 2 atom stereocenters. The van der Waals surface area contributed by atoms with Gasteiger partial charge in [0.2, 0.25) is 0 Å². The van der Waals surface area contributed by atoms with E-state index in [-0.39, 0.29) is 12.1 Å². The van der Waals surface area contributed by atoms with Crippen LogP contribution in [0.1, 0.15) is 18.5 Å². The van der Waals surface area contributed by atoms with Crippen LogP contribution in [0.5, 0.6) is 0 Å². The van der Waals surface area contributed by atoms with Crippen molar-refractivity contribution in [1.82, 2.24) is 10.3 Å². The molecule has 0 saturated carbocycles. The van der Waals surface area contributed by atoms with Crippen LogP contribution in [0.3, 0.4) is 0 Å². The van der Waals surface area contributed by atoms with Crippen LogP contribution in [-0.4, -0.2) is 17.6 Å². The van der Waals surface area contributed by atoms with Gasteiger partial charge in [-0.15, -0.1) is 6.42 Å². The van der Waals surface area contributed by atoms with Gasteiger partial charge >= 0.3 is 0 Å². The lowest BCUT2D eigenvalue weighted by molar-refractivity contribution is 0.520. The molecule has 3 N–H and O–H groups in total. The first-order valence-corrected chi connectivity index (χ1v) is 6.02. The zero-order chi connectivity index (χ0) is 13.0. The number of para-hydroxylation sites is 1. The Kier molecular flexibility index (Phi) is 3.93. The second kappa shape index (κ2) is 5.63. The first kappa shape index (κ1) is 12.6. The number of hydrogen-bond donors (Lipinski definition) is 2. The lowest BCUT2D eigenvalue weighted by atomic mass is 10.0. The molecule has 2 unspecified atom stereocenters. The van der Waals surface area contributed by atoms with Crippen molar-refractivity contribution in [3.8, 4) is 12.3 Å². The number of rotatable bonds is 4. The van der Waals surface area contributed by atoms with E-state index in [0.29, 0.717) is 6.54 Å². The van der Waals surface area contributed by atoms with Gasteiger partial charge in [-0.1, -0.05) is 30.2 Å². The van der Waals surface area contributed by atoms with Crippen molar-refractivity contribution >= 4 is 10.9 Å². The Morgan fingerprint density at radius 3 is 2.89 bits per heavy atom. The zero-order valence-corrected chi connectivity index (χ0v) is 10.4. The summed E-state index contributed by atoms with van der Waals surface area (Å²) in [6.45, 7) is 2.43. The third kappa shape index (κ3) is 2.51. The van der Waals surface area contributed by atoms with E-state index in [1.807, 2.05) is 37.3 Å². The number of nitrogens with zero attached hydrogens (tertiary/aromatic N) is 1. The summed E-state index contributed by atoms with van der Waals surface area (Å²) in [6, 6.07) is 10.1. The molecule has 92 valence electrons. The molecule has 0 bridgehead atoms. The second-order valence-electron chi connectivity index (χ2n) is 4.27. The van der Waals surface area contributed by atoms with Crippen molar-refractivity contribution in [3.05, 3.63) is 42.1 Å². The normalized spacial score (nSPS) is 14.1. The van der Waals surface area contributed by atoms with Gasteiger partial charge < -0.3 is 5.73 Å². The standard InChI is InChI=1S/C15H17N3/c1-3-11(2)18-14(10-16)13-8-4-6-12-7-5-9-17-15(12)13/h1,4-9,11,14,18H,10,16H2,2H3. The van der Waals surface area contributed by atoms with E-state index < -0.39 is 0 Å². The Labute approximate surface area is 107 Å². The maximum Gasteiger partial charge on any atom is 0.0750 e. The number of aromatic nitrogens is 1. The van der Waals surface area contributed by atoms with E-state index in [1.165, 1.54) is 0 Å². The van der Waals surface area contributed by atoms with E-state index in [9.17, 15) is 0 Å². The number of hydrogen-bond acceptors (Lipinski definition) is 3. The molecule has 0 amide bonds. The molecule has 2 aromatic rings. The van der Waals surface area contributed by atoms with Gasteiger partial charge in [0, 0.05) is 24.2 Å². The fourth-order valence-corrected chi connectivity index (χ4v) is 2.04. The maximum absolute atomic E-state index is 5.84. The minimum absolute atomic E-state index is 0.0162. The molecule has 2 rings (SSSR count). The number of nitrogens with one attached hydrogen (secondary N) is 1. The fraction of sp³-hybridized carbons (Fsp3) is 0.267. The summed E-state index contributed by atoms with van der Waals surface area (Å²) in [5.41, 5.74) is 7.91. The van der Waals surface area contributed by atoms with Crippen LogP contribution in [0.25, 0.3) is 10.9 Å². The Bertz CT molecular complexity index is 566. The monoisotopic (exact) mass is 239 g/mol. The maximum atomic E-state index is 5.84. The topological polar surface area (TPSA) is 50.9 Å². The molecule has 1 aromatic carbocycles. The van der Waals surface area contributed by atoms with Crippen molar-refractivity contribution in [3.63, 3.8) is 0 Å². The summed E-state index contributed by atoms with van der Waals surface area (Å²) >= 11 is 0. The van der Waals surface area contributed by atoms with Crippen LogP contribution >= 0.6 is 0 Å². The number of pyridine rings is 1. The van der Waals surface area contributed by atoms with E-state index in [1.54, 1.807) is 6.20 Å². The minimum atomic E-state index is -0.0162. The van der Waals surface area contributed by atoms with E-state index in [2.05, 4.69) is 16.2 Å². The van der Waals surface area contributed by atoms with Crippen LogP contribution in [-0.2, 0) is 0 Å². The molecule has 3 nitrogen and oxygen atoms in total. The molecule has 0 radical (unpaired) electrons. The highest BCUT2D eigenvalue weighted by molar-refractivity contribution is 5.82. The van der Waals surface area contributed by atoms with Crippen LogP contribution in [0, 0.1) is 12.3 Å². The lowest BCUT2D eigenvalue weighted by Crippen LogP contribution is -2.34. The molecule has 0 aliphatic heterocycles. The number of terminal acetylenes is 1. The summed E-state index contributed by atoms with van der Waals surface area (Å²) in [4.78, 5) is 4.44. The fourth-order valence-electron chi connectivity index (χ4n) is 2.04. The molecule has 3 heteroatoms. The van der Waals surface area contributed by atoms with Gasteiger partial charge in [0.1, 0.15) is 0 Å². The summed E-state index contributed by atoms with van der Waals surface area (Å²) in [5, 5.41) is 4.44. The molecule has 0 saturated heterocycles. The van der Waals surface area contributed by atoms with Crippen molar-refractivity contribution in [2.24, 2.45) is 5.73 Å². The molecule has 0 aliphatic carbocycles. The van der Waals surface area contributed by atoms with Crippen molar-refractivity contribution in [2.75, 3.05) is 6.54 Å². The zero-order valence-electron chi connectivity index (χ0n) is 10.4. The molecule has 1 heterocycles. The van der Waals surface area contributed by atoms with Gasteiger partial charge in [0.15, 0.2) is 0 Å². The van der Waals surface area contributed by atoms with Crippen molar-refractivity contribution in [1.29, 1.82) is 0 Å². The van der Waals surface area contributed by atoms with E-state index in [4.69, 9.17) is 12.2 Å². The number of fused-ring (bicyclic) bond motifs is 1. The quantitative estimate of drug-likeness (QED) is 0.801. The molecule has 0 aliphatic rings. The van der Waals surface area contributed by atoms with Crippen LogP contribution in [0.2, 0.25) is 0 Å². The highest BCUT2D eigenvalue weighted by atomic mass is 15.0. The highest BCUT2D eigenvalue weighted by Gasteiger charge is 2.14. The van der Waals surface area contributed by atoms with Gasteiger partial charge in [0.05, 0.1) is 11.6 Å². The van der Waals surface area contributed by atoms with Crippen molar-refractivity contribution in [2.45, 2.75) is 19.0 Å². The van der Waals surface area contributed by atoms with Gasteiger partial charge in [-0.2, -0.15) is 0 Å². The molecule has 18 heavy (non-hydrogen) atoms. The van der Waals surface area contributed by atoms with Crippen molar-refractivity contribution < 1.29 is 0 Å². The minimum Gasteiger partial charge on any atom is -0.329 e. The summed E-state index contributed by atoms with van der Waals surface area (Å²) in [7, 11) is 0. The van der Waals surface area contributed by atoms with E-state index >= 15 is 0 Å². The first-order chi connectivity index (χ1) is 8.76. The predicted molar refractivity (Wildman–Crippen MR) is 75.0 cm³/mol. The first-order valence-electron chi connectivity index (χ1n) is 6.02. The van der Waals surface area contributed by atoms with Crippen LogP contribution in [0.4, 0.5) is 0 Å². The smallest absolute Gasteiger partial charge is 0.0750 e. The average molecular weight is 239 g/mol. The van der Waals surface area contributed by atoms with Gasteiger partial charge in [-0.3, -0.25) is 10.3 Å². The van der Waals surface area contributed by atoms with E-state index in [0.717, 1.165) is 16.5 Å². The summed E-state index contributed by atoms with van der Waals surface area (Å²) < 4.78 is 0. The Hall–Kier alpha value is -1.89. The van der Waals surface area contributed by atoms with Crippen LogP contribution < -0.4 is 11.1 Å². The largest absolute Gasteiger partial charge is 0.329 e. The number of benzene rings is 1. The SMILES string of the molecule is C#CC(C)NC(CN)c1cccc2cccnc12.